The van der Waals surface area contributed by atoms with E-state index in [1.54, 1.807) is 0 Å². The molecule has 20 heavy (non-hydrogen) atoms. The van der Waals surface area contributed by atoms with E-state index in [2.05, 4.69) is 10.3 Å². The van der Waals surface area contributed by atoms with Crippen molar-refractivity contribution < 1.29 is 14.7 Å². The van der Waals surface area contributed by atoms with Crippen LogP contribution >= 0.6 is 0 Å². The number of carbonyl (C=O) groups excluding carboxylic acids is 1. The first-order valence-corrected chi connectivity index (χ1v) is 7.04. The summed E-state index contributed by atoms with van der Waals surface area (Å²) in [5.41, 5.74) is -0.132. The van der Waals surface area contributed by atoms with E-state index in [9.17, 15) is 9.59 Å². The molecule has 0 bridgehead atoms. The Bertz CT molecular complexity index is 513. The summed E-state index contributed by atoms with van der Waals surface area (Å²) in [6, 6.07) is 0. The fourth-order valence-electron chi connectivity index (χ4n) is 3.32. The van der Waals surface area contributed by atoms with Gasteiger partial charge in [-0.25, -0.2) is 9.48 Å². The molecule has 108 valence electrons. The Morgan fingerprint density at radius 1 is 1.25 bits per heavy atom. The zero-order chi connectivity index (χ0) is 14.1. The first kappa shape index (κ1) is 13.1. The normalized spacial score (nSPS) is 25.5. The van der Waals surface area contributed by atoms with Crippen molar-refractivity contribution in [2.45, 2.75) is 32.2 Å². The summed E-state index contributed by atoms with van der Waals surface area (Å²) in [5, 5.41) is 16.0. The molecule has 1 aliphatic carbocycles. The van der Waals surface area contributed by atoms with Gasteiger partial charge in [0.25, 0.3) is 0 Å². The van der Waals surface area contributed by atoms with E-state index in [-0.39, 0.29) is 18.1 Å². The number of rotatable bonds is 3. The Morgan fingerprint density at radius 2 is 1.90 bits per heavy atom. The molecule has 1 N–H and O–H groups in total. The van der Waals surface area contributed by atoms with Gasteiger partial charge in [0.2, 0.25) is 5.91 Å². The predicted octanol–water partition coefficient (Wildman–Crippen LogP) is 0.625. The Hall–Kier alpha value is -1.92. The quantitative estimate of drug-likeness (QED) is 0.875. The molecule has 1 amide bonds. The van der Waals surface area contributed by atoms with Crippen LogP contribution in [0.1, 0.15) is 36.2 Å². The summed E-state index contributed by atoms with van der Waals surface area (Å²) < 4.78 is 1.30. The maximum atomic E-state index is 12.2. The van der Waals surface area contributed by atoms with Crippen LogP contribution in [0.2, 0.25) is 0 Å². The third-order valence-electron chi connectivity index (χ3n) is 4.38. The summed E-state index contributed by atoms with van der Waals surface area (Å²) in [5.74, 6) is 0.174. The molecular formula is C13H18N4O3. The predicted molar refractivity (Wildman–Crippen MR) is 69.0 cm³/mol. The van der Waals surface area contributed by atoms with Gasteiger partial charge in [0.15, 0.2) is 5.69 Å². The van der Waals surface area contributed by atoms with Crippen LogP contribution in [0.15, 0.2) is 6.20 Å². The maximum absolute atomic E-state index is 12.2. The number of carboxylic acid groups (broad SMARTS) is 1. The summed E-state index contributed by atoms with van der Waals surface area (Å²) in [6.07, 6.45) is 6.29. The molecule has 2 fully saturated rings. The fourth-order valence-corrected chi connectivity index (χ4v) is 3.32. The highest BCUT2D eigenvalue weighted by Gasteiger charge is 2.36. The van der Waals surface area contributed by atoms with Gasteiger partial charge in [-0.05, 0) is 24.7 Å². The third-order valence-corrected chi connectivity index (χ3v) is 4.38. The minimum Gasteiger partial charge on any atom is -0.476 e. The molecule has 0 aromatic carbocycles. The molecular weight excluding hydrogens is 260 g/mol. The first-order chi connectivity index (χ1) is 9.63. The second-order valence-electron chi connectivity index (χ2n) is 5.71. The third kappa shape index (κ3) is 2.52. The molecule has 1 aromatic rings. The van der Waals surface area contributed by atoms with Crippen LogP contribution in [-0.4, -0.2) is 50.0 Å². The number of nitrogens with zero attached hydrogens (tertiary/aromatic N) is 4. The zero-order valence-electron chi connectivity index (χ0n) is 11.2. The molecule has 3 rings (SSSR count). The molecule has 0 spiro atoms. The Morgan fingerprint density at radius 3 is 2.45 bits per heavy atom. The number of fused-ring (bicyclic) bond motifs is 1. The monoisotopic (exact) mass is 278 g/mol. The molecule has 1 aliphatic heterocycles. The van der Waals surface area contributed by atoms with E-state index in [1.807, 2.05) is 4.90 Å². The molecule has 7 nitrogen and oxygen atoms in total. The van der Waals surface area contributed by atoms with Crippen LogP contribution < -0.4 is 0 Å². The van der Waals surface area contributed by atoms with E-state index in [0.29, 0.717) is 11.8 Å². The van der Waals surface area contributed by atoms with Crippen LogP contribution in [0.4, 0.5) is 0 Å². The number of hydrogen-bond acceptors (Lipinski definition) is 4. The second-order valence-corrected chi connectivity index (χ2v) is 5.71. The van der Waals surface area contributed by atoms with Crippen molar-refractivity contribution in [2.24, 2.45) is 11.8 Å². The number of carboxylic acids is 1. The van der Waals surface area contributed by atoms with Gasteiger partial charge in [-0.3, -0.25) is 4.79 Å². The minimum absolute atomic E-state index is 0.00115. The molecule has 1 saturated carbocycles. The van der Waals surface area contributed by atoms with Crippen molar-refractivity contribution in [2.75, 3.05) is 13.1 Å². The number of likely N-dealkylation sites (tertiary alicyclic amines) is 1. The summed E-state index contributed by atoms with van der Waals surface area (Å²) >= 11 is 0. The van der Waals surface area contributed by atoms with Crippen molar-refractivity contribution in [1.29, 1.82) is 0 Å². The highest BCUT2D eigenvalue weighted by Crippen LogP contribution is 2.35. The van der Waals surface area contributed by atoms with Gasteiger partial charge >= 0.3 is 5.97 Å². The van der Waals surface area contributed by atoms with Crippen LogP contribution in [-0.2, 0) is 11.3 Å². The smallest absolute Gasteiger partial charge is 0.358 e. The number of amides is 1. The topological polar surface area (TPSA) is 88.3 Å². The minimum atomic E-state index is -1.13. The Balaban J connectivity index is 1.60. The molecule has 7 heteroatoms. The lowest BCUT2D eigenvalue weighted by molar-refractivity contribution is -0.131. The summed E-state index contributed by atoms with van der Waals surface area (Å²) in [7, 11) is 0. The first-order valence-electron chi connectivity index (χ1n) is 7.04. The highest BCUT2D eigenvalue weighted by molar-refractivity contribution is 5.84. The number of aromatic carboxylic acids is 1. The van der Waals surface area contributed by atoms with Gasteiger partial charge in [-0.2, -0.15) is 0 Å². The van der Waals surface area contributed by atoms with Crippen LogP contribution in [0.3, 0.4) is 0 Å². The summed E-state index contributed by atoms with van der Waals surface area (Å²) in [4.78, 5) is 24.8. The molecule has 2 aliphatic rings. The van der Waals surface area contributed by atoms with Gasteiger partial charge < -0.3 is 10.0 Å². The fraction of sp³-hybridized carbons (Fsp3) is 0.692. The van der Waals surface area contributed by atoms with E-state index in [4.69, 9.17) is 5.11 Å². The van der Waals surface area contributed by atoms with E-state index >= 15 is 0 Å². The van der Waals surface area contributed by atoms with Gasteiger partial charge in [-0.15, -0.1) is 5.10 Å². The lowest BCUT2D eigenvalue weighted by Gasteiger charge is -2.22. The standard InChI is InChI=1S/C13H18N4O3/c18-12(8-17-7-11(13(19)20)14-15-17)16-5-9-3-1-2-4-10(9)6-16/h7,9-10H,1-6,8H2,(H,19,20). The van der Waals surface area contributed by atoms with Gasteiger partial charge in [-0.1, -0.05) is 18.1 Å². The lowest BCUT2D eigenvalue weighted by atomic mass is 9.82. The van der Waals surface area contributed by atoms with Crippen molar-refractivity contribution >= 4 is 11.9 Å². The number of aromatic nitrogens is 3. The van der Waals surface area contributed by atoms with E-state index in [0.717, 1.165) is 13.1 Å². The van der Waals surface area contributed by atoms with Crippen molar-refractivity contribution in [3.05, 3.63) is 11.9 Å². The Labute approximate surface area is 116 Å². The maximum Gasteiger partial charge on any atom is 0.358 e. The lowest BCUT2D eigenvalue weighted by Crippen LogP contribution is -2.32. The number of hydrogen-bond donors (Lipinski definition) is 1. The van der Waals surface area contributed by atoms with Crippen LogP contribution in [0.5, 0.6) is 0 Å². The van der Waals surface area contributed by atoms with Gasteiger partial charge in [0.05, 0.1) is 6.20 Å². The summed E-state index contributed by atoms with van der Waals surface area (Å²) in [6.45, 7) is 1.74. The second kappa shape index (κ2) is 5.22. The Kier molecular flexibility index (Phi) is 3.42. The average Bonchev–Trinajstić information content (AvgIpc) is 3.04. The highest BCUT2D eigenvalue weighted by atomic mass is 16.4. The van der Waals surface area contributed by atoms with E-state index in [1.165, 1.54) is 36.6 Å². The molecule has 2 heterocycles. The van der Waals surface area contributed by atoms with Crippen LogP contribution in [0.25, 0.3) is 0 Å². The van der Waals surface area contributed by atoms with E-state index < -0.39 is 5.97 Å². The molecule has 0 radical (unpaired) electrons. The van der Waals surface area contributed by atoms with Crippen molar-refractivity contribution in [3.8, 4) is 0 Å². The van der Waals surface area contributed by atoms with Crippen molar-refractivity contribution in [1.82, 2.24) is 19.9 Å². The molecule has 2 atom stereocenters. The SMILES string of the molecule is O=C(O)c1cn(CC(=O)N2CC3CCCCC3C2)nn1. The molecule has 2 unspecified atom stereocenters. The van der Waals surface area contributed by atoms with Crippen molar-refractivity contribution in [3.63, 3.8) is 0 Å². The van der Waals surface area contributed by atoms with Gasteiger partial charge in [0.1, 0.15) is 6.54 Å². The van der Waals surface area contributed by atoms with Gasteiger partial charge in [0, 0.05) is 13.1 Å². The zero-order valence-corrected chi connectivity index (χ0v) is 11.2. The molecule has 1 aromatic heterocycles. The largest absolute Gasteiger partial charge is 0.476 e. The average molecular weight is 278 g/mol. The number of carbonyl (C=O) groups is 2. The molecule has 1 saturated heterocycles. The van der Waals surface area contributed by atoms with Crippen LogP contribution in [0, 0.1) is 11.8 Å².